The Morgan fingerprint density at radius 1 is 1.04 bits per heavy atom. The van der Waals surface area contributed by atoms with Crippen LogP contribution in [-0.2, 0) is 0 Å². The molecule has 1 N–H and O–H groups in total. The molecule has 1 unspecified atom stereocenters. The van der Waals surface area contributed by atoms with Gasteiger partial charge < -0.3 is 19.5 Å². The fourth-order valence-corrected chi connectivity index (χ4v) is 2.68. The number of hydrogen-bond donors (Lipinski definition) is 1. The van der Waals surface area contributed by atoms with Gasteiger partial charge in [0.05, 0.1) is 27.4 Å². The average molecular weight is 327 g/mol. The lowest BCUT2D eigenvalue weighted by Crippen LogP contribution is -2.11. The van der Waals surface area contributed by atoms with Gasteiger partial charge in [-0.1, -0.05) is 18.2 Å². The summed E-state index contributed by atoms with van der Waals surface area (Å²) >= 11 is 0. The molecule has 0 spiro atoms. The Labute approximate surface area is 144 Å². The molecule has 0 heterocycles. The van der Waals surface area contributed by atoms with Crippen LogP contribution in [0, 0.1) is 6.92 Å². The summed E-state index contributed by atoms with van der Waals surface area (Å²) < 4.78 is 16.3. The van der Waals surface area contributed by atoms with Gasteiger partial charge in [0.2, 0.25) is 5.75 Å². The summed E-state index contributed by atoms with van der Waals surface area (Å²) in [5.74, 6) is 1.88. The summed E-state index contributed by atoms with van der Waals surface area (Å²) in [6.45, 7) is 5.95. The second-order valence-electron chi connectivity index (χ2n) is 5.55. The molecule has 0 saturated carbocycles. The molecule has 0 aliphatic carbocycles. The Kier molecular flexibility index (Phi) is 6.13. The van der Waals surface area contributed by atoms with Crippen molar-refractivity contribution in [2.75, 3.05) is 26.6 Å². The minimum Gasteiger partial charge on any atom is -0.493 e. The number of hydrogen-bond acceptors (Lipinski definition) is 4. The molecule has 24 heavy (non-hydrogen) atoms. The van der Waals surface area contributed by atoms with E-state index in [0.29, 0.717) is 17.2 Å². The molecule has 0 bridgehead atoms. The number of rotatable bonds is 8. The third kappa shape index (κ3) is 4.02. The van der Waals surface area contributed by atoms with E-state index in [9.17, 15) is 0 Å². The second kappa shape index (κ2) is 8.29. The largest absolute Gasteiger partial charge is 0.493 e. The first kappa shape index (κ1) is 17.7. The highest BCUT2D eigenvalue weighted by Gasteiger charge is 2.18. The Morgan fingerprint density at radius 3 is 2.21 bits per heavy atom. The summed E-state index contributed by atoms with van der Waals surface area (Å²) in [4.78, 5) is 0. The van der Waals surface area contributed by atoms with Gasteiger partial charge in [-0.05, 0) is 48.7 Å². The van der Waals surface area contributed by atoms with Crippen LogP contribution >= 0.6 is 0 Å². The number of aryl methyl sites for hydroxylation is 1. The smallest absolute Gasteiger partial charge is 0.203 e. The van der Waals surface area contributed by atoms with E-state index in [0.717, 1.165) is 17.7 Å². The van der Waals surface area contributed by atoms with Crippen LogP contribution in [-0.4, -0.2) is 21.3 Å². The van der Waals surface area contributed by atoms with E-state index in [2.05, 4.69) is 37.0 Å². The maximum absolute atomic E-state index is 5.46. The zero-order valence-electron chi connectivity index (χ0n) is 14.8. The Morgan fingerprint density at radius 2 is 1.71 bits per heavy atom. The van der Waals surface area contributed by atoms with Gasteiger partial charge in [-0.2, -0.15) is 0 Å². The van der Waals surface area contributed by atoms with E-state index in [1.165, 1.54) is 5.56 Å². The van der Waals surface area contributed by atoms with Crippen molar-refractivity contribution < 1.29 is 14.2 Å². The summed E-state index contributed by atoms with van der Waals surface area (Å²) in [7, 11) is 4.85. The molecule has 128 valence electrons. The molecule has 0 fully saturated rings. The van der Waals surface area contributed by atoms with E-state index in [4.69, 9.17) is 14.2 Å². The van der Waals surface area contributed by atoms with E-state index < -0.39 is 0 Å². The van der Waals surface area contributed by atoms with Crippen LogP contribution in [0.4, 0.5) is 5.69 Å². The quantitative estimate of drug-likeness (QED) is 0.710. The first-order valence-electron chi connectivity index (χ1n) is 7.87. The molecule has 1 atom stereocenters. The van der Waals surface area contributed by atoms with Crippen molar-refractivity contribution >= 4 is 5.69 Å². The molecule has 0 radical (unpaired) electrons. The monoisotopic (exact) mass is 327 g/mol. The van der Waals surface area contributed by atoms with Crippen molar-refractivity contribution in [3.63, 3.8) is 0 Å². The number of methoxy groups -OCH3 is 3. The molecule has 0 aliphatic heterocycles. The zero-order valence-corrected chi connectivity index (χ0v) is 14.8. The van der Waals surface area contributed by atoms with Crippen molar-refractivity contribution in [2.24, 2.45) is 0 Å². The average Bonchev–Trinajstić information content (AvgIpc) is 2.60. The third-order valence-electron chi connectivity index (χ3n) is 3.85. The number of nitrogens with one attached hydrogen (secondary N) is 1. The predicted molar refractivity (Wildman–Crippen MR) is 98.5 cm³/mol. The standard InChI is InChI=1S/C20H25NO3/c1-6-8-17(21-16-10-7-9-14(2)11-16)15-12-18(22-3)20(24-5)19(13-15)23-4/h6-7,9-13,17,21H,1,8H2,2-5H3. The van der Waals surface area contributed by atoms with Crippen molar-refractivity contribution in [3.05, 3.63) is 60.2 Å². The van der Waals surface area contributed by atoms with E-state index >= 15 is 0 Å². The lowest BCUT2D eigenvalue weighted by Gasteiger charge is -2.22. The van der Waals surface area contributed by atoms with Gasteiger partial charge >= 0.3 is 0 Å². The van der Waals surface area contributed by atoms with E-state index in [1.54, 1.807) is 21.3 Å². The van der Waals surface area contributed by atoms with Gasteiger partial charge in [-0.25, -0.2) is 0 Å². The van der Waals surface area contributed by atoms with Crippen LogP contribution < -0.4 is 19.5 Å². The van der Waals surface area contributed by atoms with Crippen molar-refractivity contribution in [3.8, 4) is 17.2 Å². The summed E-state index contributed by atoms with van der Waals surface area (Å²) in [5.41, 5.74) is 3.32. The molecule has 2 aromatic carbocycles. The Hall–Kier alpha value is -2.62. The van der Waals surface area contributed by atoms with Crippen molar-refractivity contribution in [1.29, 1.82) is 0 Å². The molecule has 0 amide bonds. The van der Waals surface area contributed by atoms with Gasteiger partial charge in [0.25, 0.3) is 0 Å². The summed E-state index contributed by atoms with van der Waals surface area (Å²) in [6.07, 6.45) is 2.67. The molecule has 2 aromatic rings. The second-order valence-corrected chi connectivity index (χ2v) is 5.55. The lowest BCUT2D eigenvalue weighted by molar-refractivity contribution is 0.323. The summed E-state index contributed by atoms with van der Waals surface area (Å²) in [6, 6.07) is 12.3. The minimum atomic E-state index is 0.0537. The van der Waals surface area contributed by atoms with Gasteiger partial charge in [0.15, 0.2) is 11.5 Å². The maximum Gasteiger partial charge on any atom is 0.203 e. The normalized spacial score (nSPS) is 11.5. The minimum absolute atomic E-state index is 0.0537. The fraction of sp³-hybridized carbons (Fsp3) is 0.300. The summed E-state index contributed by atoms with van der Waals surface area (Å²) in [5, 5.41) is 3.55. The molecule has 2 rings (SSSR count). The molecule has 0 aromatic heterocycles. The highest BCUT2D eigenvalue weighted by atomic mass is 16.5. The van der Waals surface area contributed by atoms with Gasteiger partial charge in [-0.15, -0.1) is 6.58 Å². The molecule has 0 aliphatic rings. The molecular formula is C20H25NO3. The van der Waals surface area contributed by atoms with E-state index in [-0.39, 0.29) is 6.04 Å². The molecule has 4 heteroatoms. The Bertz CT molecular complexity index is 672. The number of anilines is 1. The number of ether oxygens (including phenoxy) is 3. The third-order valence-corrected chi connectivity index (χ3v) is 3.85. The molecular weight excluding hydrogens is 302 g/mol. The molecule has 0 saturated heterocycles. The van der Waals surface area contributed by atoms with Crippen LogP contribution in [0.3, 0.4) is 0 Å². The van der Waals surface area contributed by atoms with Crippen LogP contribution in [0.5, 0.6) is 17.2 Å². The van der Waals surface area contributed by atoms with Crippen LogP contribution in [0.25, 0.3) is 0 Å². The highest BCUT2D eigenvalue weighted by molar-refractivity contribution is 5.56. The maximum atomic E-state index is 5.46. The first-order valence-corrected chi connectivity index (χ1v) is 7.87. The van der Waals surface area contributed by atoms with Gasteiger partial charge in [0, 0.05) is 5.69 Å². The zero-order chi connectivity index (χ0) is 17.5. The predicted octanol–water partition coefficient (Wildman–Crippen LogP) is 4.75. The van der Waals surface area contributed by atoms with Crippen LogP contribution in [0.1, 0.15) is 23.6 Å². The van der Waals surface area contributed by atoms with Gasteiger partial charge in [-0.3, -0.25) is 0 Å². The topological polar surface area (TPSA) is 39.7 Å². The Balaban J connectivity index is 2.41. The van der Waals surface area contributed by atoms with Gasteiger partial charge in [0.1, 0.15) is 0 Å². The number of benzene rings is 2. The first-order chi connectivity index (χ1) is 11.6. The fourth-order valence-electron chi connectivity index (χ4n) is 2.68. The van der Waals surface area contributed by atoms with Crippen LogP contribution in [0.15, 0.2) is 49.1 Å². The SMILES string of the molecule is C=CCC(Nc1cccc(C)c1)c1cc(OC)c(OC)c(OC)c1. The molecule has 4 nitrogen and oxygen atoms in total. The van der Waals surface area contributed by atoms with Crippen molar-refractivity contribution in [1.82, 2.24) is 0 Å². The highest BCUT2D eigenvalue weighted by Crippen LogP contribution is 2.40. The van der Waals surface area contributed by atoms with Crippen molar-refractivity contribution in [2.45, 2.75) is 19.4 Å². The van der Waals surface area contributed by atoms with Crippen LogP contribution in [0.2, 0.25) is 0 Å². The lowest BCUT2D eigenvalue weighted by atomic mass is 10.0. The van der Waals surface area contributed by atoms with E-state index in [1.807, 2.05) is 24.3 Å².